The van der Waals surface area contributed by atoms with Gasteiger partial charge in [0.15, 0.2) is 0 Å². The number of hydrogen-bond donors (Lipinski definition) is 3. The molecule has 0 aromatic heterocycles. The molecule has 1 aromatic carbocycles. The Balaban J connectivity index is 2.52. The number of amides is 3. The van der Waals surface area contributed by atoms with Gasteiger partial charge >= 0.3 is 0 Å². The number of rotatable bonds is 10. The minimum absolute atomic E-state index is 0.0316. The van der Waals surface area contributed by atoms with Crippen molar-refractivity contribution >= 4 is 35.0 Å². The number of aryl methyl sites for hydroxylation is 1. The minimum atomic E-state index is -0.620. The van der Waals surface area contributed by atoms with Gasteiger partial charge in [0.25, 0.3) is 0 Å². The Kier molecular flexibility index (Phi) is 9.82. The molecule has 27 heavy (non-hydrogen) atoms. The lowest BCUT2D eigenvalue weighted by molar-refractivity contribution is -0.129. The molecule has 0 spiro atoms. The highest BCUT2D eigenvalue weighted by atomic mass is 35.5. The molecule has 7 nitrogen and oxygen atoms in total. The van der Waals surface area contributed by atoms with E-state index >= 15 is 0 Å². The quantitative estimate of drug-likeness (QED) is 0.563. The zero-order valence-electron chi connectivity index (χ0n) is 16.4. The molecule has 1 atom stereocenters. The molecule has 0 aliphatic heterocycles. The van der Waals surface area contributed by atoms with Gasteiger partial charge in [-0.3, -0.25) is 19.3 Å². The van der Waals surface area contributed by atoms with Crippen LogP contribution in [0.25, 0.3) is 0 Å². The van der Waals surface area contributed by atoms with Crippen LogP contribution in [0.2, 0.25) is 5.02 Å². The number of hydrogen-bond acceptors (Lipinski definition) is 4. The fourth-order valence-corrected chi connectivity index (χ4v) is 2.53. The maximum atomic E-state index is 12.3. The Morgan fingerprint density at radius 3 is 2.44 bits per heavy atom. The lowest BCUT2D eigenvalue weighted by Gasteiger charge is -2.21. The van der Waals surface area contributed by atoms with E-state index in [0.717, 1.165) is 12.0 Å². The molecule has 0 unspecified atom stereocenters. The van der Waals surface area contributed by atoms with Crippen LogP contribution in [0.15, 0.2) is 18.2 Å². The molecule has 1 rings (SSSR count). The zero-order valence-corrected chi connectivity index (χ0v) is 17.2. The van der Waals surface area contributed by atoms with Gasteiger partial charge in [0, 0.05) is 17.3 Å². The summed E-state index contributed by atoms with van der Waals surface area (Å²) in [4.78, 5) is 38.0. The monoisotopic (exact) mass is 396 g/mol. The Morgan fingerprint density at radius 1 is 1.15 bits per heavy atom. The largest absolute Gasteiger partial charge is 0.354 e. The SMILES string of the molecule is CCCNC(=O)[C@H](C)NC(=O)CN(CC)CC(=O)Nc1cc(Cl)ccc1C. The average Bonchev–Trinajstić information content (AvgIpc) is 2.61. The van der Waals surface area contributed by atoms with Crippen LogP contribution in [0.4, 0.5) is 5.69 Å². The van der Waals surface area contributed by atoms with Crippen LogP contribution in [-0.2, 0) is 14.4 Å². The third-order valence-corrected chi connectivity index (χ3v) is 4.21. The highest BCUT2D eigenvalue weighted by Crippen LogP contribution is 2.20. The Hall–Kier alpha value is -2.12. The van der Waals surface area contributed by atoms with Gasteiger partial charge in [-0.1, -0.05) is 31.5 Å². The molecule has 0 aliphatic carbocycles. The first-order chi connectivity index (χ1) is 12.8. The summed E-state index contributed by atoms with van der Waals surface area (Å²) in [6, 6.07) is 4.65. The number of nitrogens with one attached hydrogen (secondary N) is 3. The standard InChI is InChI=1S/C19H29ClN4O3/c1-5-9-21-19(27)14(4)22-17(25)11-24(6-2)12-18(26)23-16-10-15(20)8-7-13(16)3/h7-8,10,14H,5-6,9,11-12H2,1-4H3,(H,21,27)(H,22,25)(H,23,26)/t14-/m0/s1. The summed E-state index contributed by atoms with van der Waals surface area (Å²) in [7, 11) is 0. The topological polar surface area (TPSA) is 90.5 Å². The van der Waals surface area contributed by atoms with Crippen molar-refractivity contribution in [1.82, 2.24) is 15.5 Å². The predicted octanol–water partition coefficient (Wildman–Crippen LogP) is 1.94. The highest BCUT2D eigenvalue weighted by Gasteiger charge is 2.18. The first-order valence-electron chi connectivity index (χ1n) is 9.12. The Labute approximate surface area is 165 Å². The van der Waals surface area contributed by atoms with Crippen LogP contribution in [-0.4, -0.2) is 54.8 Å². The number of benzene rings is 1. The van der Waals surface area contributed by atoms with Gasteiger partial charge in [-0.05, 0) is 44.5 Å². The van der Waals surface area contributed by atoms with Gasteiger partial charge in [0.05, 0.1) is 13.1 Å². The zero-order chi connectivity index (χ0) is 20.4. The summed E-state index contributed by atoms with van der Waals surface area (Å²) in [6.07, 6.45) is 0.831. The molecule has 0 aliphatic rings. The normalized spacial score (nSPS) is 11.8. The summed E-state index contributed by atoms with van der Waals surface area (Å²) in [5, 5.41) is 8.73. The van der Waals surface area contributed by atoms with Crippen molar-refractivity contribution in [3.8, 4) is 0 Å². The second-order valence-corrected chi connectivity index (χ2v) is 6.83. The molecule has 0 heterocycles. The Morgan fingerprint density at radius 2 is 1.81 bits per heavy atom. The van der Waals surface area contributed by atoms with Gasteiger partial charge in [-0.25, -0.2) is 0 Å². The van der Waals surface area contributed by atoms with E-state index in [9.17, 15) is 14.4 Å². The lowest BCUT2D eigenvalue weighted by Crippen LogP contribution is -2.48. The second-order valence-electron chi connectivity index (χ2n) is 6.39. The minimum Gasteiger partial charge on any atom is -0.354 e. The van der Waals surface area contributed by atoms with E-state index in [1.807, 2.05) is 26.8 Å². The predicted molar refractivity (Wildman–Crippen MR) is 108 cm³/mol. The third-order valence-electron chi connectivity index (χ3n) is 3.98. The summed E-state index contributed by atoms with van der Waals surface area (Å²) in [5.41, 5.74) is 1.55. The van der Waals surface area contributed by atoms with Crippen molar-refractivity contribution in [1.29, 1.82) is 0 Å². The molecule has 0 bridgehead atoms. The van der Waals surface area contributed by atoms with Crippen molar-refractivity contribution in [2.24, 2.45) is 0 Å². The molecule has 0 radical (unpaired) electrons. The van der Waals surface area contributed by atoms with E-state index in [1.54, 1.807) is 24.0 Å². The fraction of sp³-hybridized carbons (Fsp3) is 0.526. The van der Waals surface area contributed by atoms with E-state index in [0.29, 0.717) is 23.8 Å². The maximum Gasteiger partial charge on any atom is 0.242 e. The summed E-state index contributed by atoms with van der Waals surface area (Å²) >= 11 is 5.96. The molecule has 3 amide bonds. The lowest BCUT2D eigenvalue weighted by atomic mass is 10.2. The van der Waals surface area contributed by atoms with Crippen molar-refractivity contribution in [2.75, 3.05) is 31.5 Å². The van der Waals surface area contributed by atoms with E-state index < -0.39 is 6.04 Å². The molecule has 0 fully saturated rings. The molecule has 8 heteroatoms. The third kappa shape index (κ3) is 8.41. The van der Waals surface area contributed by atoms with Gasteiger partial charge < -0.3 is 16.0 Å². The van der Waals surface area contributed by atoms with Crippen LogP contribution in [0, 0.1) is 6.92 Å². The van der Waals surface area contributed by atoms with Crippen molar-refractivity contribution in [2.45, 2.75) is 40.2 Å². The van der Waals surface area contributed by atoms with E-state index in [1.165, 1.54) is 0 Å². The molecule has 150 valence electrons. The van der Waals surface area contributed by atoms with Crippen LogP contribution < -0.4 is 16.0 Å². The number of carbonyl (C=O) groups excluding carboxylic acids is 3. The van der Waals surface area contributed by atoms with Crippen molar-refractivity contribution in [3.05, 3.63) is 28.8 Å². The molecule has 3 N–H and O–H groups in total. The summed E-state index contributed by atoms with van der Waals surface area (Å²) < 4.78 is 0. The van der Waals surface area contributed by atoms with E-state index in [2.05, 4.69) is 16.0 Å². The van der Waals surface area contributed by atoms with Crippen LogP contribution in [0.5, 0.6) is 0 Å². The summed E-state index contributed by atoms with van der Waals surface area (Å²) in [6.45, 7) is 8.52. The van der Waals surface area contributed by atoms with Crippen LogP contribution in [0.3, 0.4) is 0 Å². The fourth-order valence-electron chi connectivity index (χ4n) is 2.36. The van der Waals surface area contributed by atoms with Crippen molar-refractivity contribution in [3.63, 3.8) is 0 Å². The molecular formula is C19H29ClN4O3. The van der Waals surface area contributed by atoms with E-state index in [4.69, 9.17) is 11.6 Å². The average molecular weight is 397 g/mol. The number of nitrogens with zero attached hydrogens (tertiary/aromatic N) is 1. The van der Waals surface area contributed by atoms with Crippen molar-refractivity contribution < 1.29 is 14.4 Å². The number of carbonyl (C=O) groups is 3. The molecule has 0 saturated carbocycles. The highest BCUT2D eigenvalue weighted by molar-refractivity contribution is 6.31. The first kappa shape index (κ1) is 22.9. The van der Waals surface area contributed by atoms with Gasteiger partial charge in [-0.2, -0.15) is 0 Å². The van der Waals surface area contributed by atoms with Crippen LogP contribution in [0.1, 0.15) is 32.8 Å². The van der Waals surface area contributed by atoms with Gasteiger partial charge in [0.1, 0.15) is 6.04 Å². The van der Waals surface area contributed by atoms with E-state index in [-0.39, 0.29) is 30.8 Å². The number of halogens is 1. The molecule has 1 aromatic rings. The second kappa shape index (κ2) is 11.6. The maximum absolute atomic E-state index is 12.3. The Bertz CT molecular complexity index is 666. The van der Waals surface area contributed by atoms with Gasteiger partial charge in [0.2, 0.25) is 17.7 Å². The number of anilines is 1. The van der Waals surface area contributed by atoms with Gasteiger partial charge in [-0.15, -0.1) is 0 Å². The number of likely N-dealkylation sites (N-methyl/N-ethyl adjacent to an activating group) is 1. The molecule has 0 saturated heterocycles. The van der Waals surface area contributed by atoms with Crippen LogP contribution >= 0.6 is 11.6 Å². The first-order valence-corrected chi connectivity index (χ1v) is 9.50. The molecular weight excluding hydrogens is 368 g/mol. The smallest absolute Gasteiger partial charge is 0.242 e. The summed E-state index contributed by atoms with van der Waals surface area (Å²) in [5.74, 6) is -0.756.